The zero-order valence-electron chi connectivity index (χ0n) is 12.3. The molecule has 0 unspecified atom stereocenters. The maximum atomic E-state index is 11.7. The fourth-order valence-corrected chi connectivity index (χ4v) is 2.69. The maximum Gasteiger partial charge on any atom is 0.331 e. The lowest BCUT2D eigenvalue weighted by molar-refractivity contribution is -0.145. The van der Waals surface area contributed by atoms with Crippen LogP contribution in [-0.2, 0) is 18.8 Å². The summed E-state index contributed by atoms with van der Waals surface area (Å²) < 4.78 is 10.6. The molecule has 1 saturated carbocycles. The Kier molecular flexibility index (Phi) is 5.78. The van der Waals surface area contributed by atoms with Gasteiger partial charge in [-0.05, 0) is 52.2 Å². The summed E-state index contributed by atoms with van der Waals surface area (Å²) in [7, 11) is -1.92. The average Bonchev–Trinajstić information content (AvgIpc) is 2.27. The van der Waals surface area contributed by atoms with Crippen LogP contribution in [0.3, 0.4) is 0 Å². The van der Waals surface area contributed by atoms with E-state index in [0.717, 1.165) is 25.7 Å². The van der Waals surface area contributed by atoms with Crippen molar-refractivity contribution >= 4 is 20.3 Å². The molecule has 0 aromatic carbocycles. The molecule has 108 valence electrons. The van der Waals surface area contributed by atoms with Crippen LogP contribution in [-0.4, -0.2) is 26.4 Å². The molecule has 0 saturated heterocycles. The third-order valence-electron chi connectivity index (χ3n) is 2.89. The van der Waals surface area contributed by atoms with Gasteiger partial charge in [0.1, 0.15) is 6.10 Å². The van der Waals surface area contributed by atoms with Crippen molar-refractivity contribution in [3.05, 3.63) is 11.6 Å². The highest BCUT2D eigenvalue weighted by Gasteiger charge is 2.22. The number of carbonyl (C=O) groups is 2. The topological polar surface area (TPSA) is 52.6 Å². The van der Waals surface area contributed by atoms with E-state index in [1.807, 2.05) is 19.6 Å². The smallest absolute Gasteiger partial charge is 0.331 e. The van der Waals surface area contributed by atoms with Gasteiger partial charge in [0.25, 0.3) is 0 Å². The minimum Gasteiger partial charge on any atom is -0.517 e. The van der Waals surface area contributed by atoms with Gasteiger partial charge in [-0.25, -0.2) is 9.59 Å². The average molecular weight is 284 g/mol. The van der Waals surface area contributed by atoms with Crippen molar-refractivity contribution in [3.63, 3.8) is 0 Å². The fraction of sp³-hybridized carbons (Fsp3) is 0.714. The van der Waals surface area contributed by atoms with Crippen LogP contribution < -0.4 is 0 Å². The van der Waals surface area contributed by atoms with Gasteiger partial charge in [-0.3, -0.25) is 0 Å². The predicted molar refractivity (Wildman–Crippen MR) is 76.2 cm³/mol. The Morgan fingerprint density at radius 1 is 1.11 bits per heavy atom. The van der Waals surface area contributed by atoms with Crippen molar-refractivity contribution in [1.29, 1.82) is 0 Å². The van der Waals surface area contributed by atoms with Crippen molar-refractivity contribution in [2.45, 2.75) is 64.8 Å². The van der Waals surface area contributed by atoms with Gasteiger partial charge < -0.3 is 9.16 Å². The van der Waals surface area contributed by atoms with E-state index in [4.69, 9.17) is 9.16 Å². The third-order valence-corrected chi connectivity index (χ3v) is 3.69. The molecule has 5 heteroatoms. The number of ether oxygens (including phenoxy) is 1. The van der Waals surface area contributed by atoms with E-state index in [2.05, 4.69) is 0 Å². The number of hydrogen-bond donors (Lipinski definition) is 0. The second-order valence-corrected chi connectivity index (χ2v) is 10.5. The van der Waals surface area contributed by atoms with Crippen molar-refractivity contribution in [3.8, 4) is 0 Å². The Hall–Kier alpha value is -1.10. The first kappa shape index (κ1) is 16.0. The summed E-state index contributed by atoms with van der Waals surface area (Å²) in [6.07, 6.45) is 6.55. The molecule has 0 heterocycles. The molecule has 0 aromatic rings. The zero-order chi connectivity index (χ0) is 14.5. The van der Waals surface area contributed by atoms with Gasteiger partial charge in [-0.2, -0.15) is 0 Å². The Bertz CT molecular complexity index is 362. The highest BCUT2D eigenvalue weighted by Crippen LogP contribution is 2.20. The Morgan fingerprint density at radius 2 is 1.68 bits per heavy atom. The van der Waals surface area contributed by atoms with E-state index in [1.54, 1.807) is 6.92 Å². The van der Waals surface area contributed by atoms with Gasteiger partial charge in [0.05, 0.1) is 0 Å². The summed E-state index contributed by atoms with van der Waals surface area (Å²) in [5, 5.41) is 0. The monoisotopic (exact) mass is 284 g/mol. The van der Waals surface area contributed by atoms with Gasteiger partial charge in [-0.1, -0.05) is 6.42 Å². The summed E-state index contributed by atoms with van der Waals surface area (Å²) in [5.74, 6) is -0.850. The van der Waals surface area contributed by atoms with Crippen molar-refractivity contribution in [2.75, 3.05) is 0 Å². The van der Waals surface area contributed by atoms with E-state index >= 15 is 0 Å². The first-order valence-electron chi connectivity index (χ1n) is 6.90. The van der Waals surface area contributed by atoms with E-state index in [0.29, 0.717) is 5.57 Å². The lowest BCUT2D eigenvalue weighted by Crippen LogP contribution is -2.29. The van der Waals surface area contributed by atoms with Crippen molar-refractivity contribution < 1.29 is 18.8 Å². The zero-order valence-corrected chi connectivity index (χ0v) is 13.3. The molecule has 0 radical (unpaired) electrons. The predicted octanol–water partition coefficient (Wildman–Crippen LogP) is 3.19. The maximum absolute atomic E-state index is 11.7. The summed E-state index contributed by atoms with van der Waals surface area (Å²) >= 11 is 0. The van der Waals surface area contributed by atoms with Crippen LogP contribution in [0.5, 0.6) is 0 Å². The van der Waals surface area contributed by atoms with Crippen LogP contribution in [0.25, 0.3) is 0 Å². The Morgan fingerprint density at radius 3 is 2.21 bits per heavy atom. The van der Waals surface area contributed by atoms with Gasteiger partial charge in [0.2, 0.25) is 8.32 Å². The first-order valence-corrected chi connectivity index (χ1v) is 10.3. The number of carbonyl (C=O) groups excluding carboxylic acids is 2. The summed E-state index contributed by atoms with van der Waals surface area (Å²) in [6, 6.07) is 0. The molecule has 0 amide bonds. The van der Waals surface area contributed by atoms with Crippen LogP contribution in [0.15, 0.2) is 11.6 Å². The van der Waals surface area contributed by atoms with Crippen LogP contribution in [0.1, 0.15) is 39.0 Å². The van der Waals surface area contributed by atoms with Crippen molar-refractivity contribution in [2.24, 2.45) is 0 Å². The molecule has 4 nitrogen and oxygen atoms in total. The molecular formula is C14H24O4Si. The molecule has 1 rings (SSSR count). The highest BCUT2D eigenvalue weighted by atomic mass is 28.4. The lowest BCUT2D eigenvalue weighted by Gasteiger charge is -2.21. The van der Waals surface area contributed by atoms with Crippen LogP contribution in [0, 0.1) is 0 Å². The molecule has 19 heavy (non-hydrogen) atoms. The van der Waals surface area contributed by atoms with E-state index in [9.17, 15) is 9.59 Å². The van der Waals surface area contributed by atoms with Crippen LogP contribution in [0.2, 0.25) is 19.6 Å². The Balaban J connectivity index is 2.48. The standard InChI is InChI=1S/C14H24O4Si/c1-11(14(16)18-19(2,3)4)10-13(15)17-12-8-6-5-7-9-12/h10,12H,5-9H2,1-4H3. The minimum absolute atomic E-state index is 0.0123. The van der Waals surface area contributed by atoms with E-state index in [-0.39, 0.29) is 6.10 Å². The molecule has 1 fully saturated rings. The summed E-state index contributed by atoms with van der Waals surface area (Å²) in [4.78, 5) is 23.4. The molecule has 0 aromatic heterocycles. The van der Waals surface area contributed by atoms with E-state index < -0.39 is 20.3 Å². The third kappa shape index (κ3) is 6.57. The van der Waals surface area contributed by atoms with Gasteiger partial charge in [-0.15, -0.1) is 0 Å². The Labute approximate surface area is 116 Å². The van der Waals surface area contributed by atoms with Gasteiger partial charge in [0, 0.05) is 11.6 Å². The normalized spacial score (nSPS) is 18.0. The second kappa shape index (κ2) is 6.89. The molecule has 0 spiro atoms. The molecule has 0 atom stereocenters. The summed E-state index contributed by atoms with van der Waals surface area (Å²) in [6.45, 7) is 7.38. The van der Waals surface area contributed by atoms with E-state index in [1.165, 1.54) is 12.5 Å². The number of rotatable bonds is 4. The SMILES string of the molecule is CC(=CC(=O)OC1CCCCC1)C(=O)O[Si](C)(C)C. The first-order chi connectivity index (χ1) is 8.78. The van der Waals surface area contributed by atoms with Crippen LogP contribution in [0.4, 0.5) is 0 Å². The van der Waals surface area contributed by atoms with Gasteiger partial charge in [0.15, 0.2) is 0 Å². The van der Waals surface area contributed by atoms with Crippen molar-refractivity contribution in [1.82, 2.24) is 0 Å². The number of hydrogen-bond acceptors (Lipinski definition) is 4. The highest BCUT2D eigenvalue weighted by molar-refractivity contribution is 6.71. The molecular weight excluding hydrogens is 260 g/mol. The second-order valence-electron chi connectivity index (χ2n) is 6.03. The molecule has 1 aliphatic rings. The molecule has 1 aliphatic carbocycles. The van der Waals surface area contributed by atoms with Crippen LogP contribution >= 0.6 is 0 Å². The molecule has 0 bridgehead atoms. The largest absolute Gasteiger partial charge is 0.517 e. The summed E-state index contributed by atoms with van der Waals surface area (Å²) in [5.41, 5.74) is 0.309. The number of esters is 1. The minimum atomic E-state index is -1.92. The van der Waals surface area contributed by atoms with Gasteiger partial charge >= 0.3 is 11.9 Å². The quantitative estimate of drug-likeness (QED) is 0.452. The lowest BCUT2D eigenvalue weighted by atomic mass is 9.98. The molecule has 0 N–H and O–H groups in total. The fourth-order valence-electron chi connectivity index (χ4n) is 1.98. The molecule has 0 aliphatic heterocycles.